The minimum absolute atomic E-state index is 0.0198. The van der Waals surface area contributed by atoms with Crippen molar-refractivity contribution >= 4 is 16.6 Å². The lowest BCUT2D eigenvalue weighted by Crippen LogP contribution is -2.18. The maximum atomic E-state index is 12.6. The molecule has 0 N–H and O–H groups in total. The SMILES string of the molecule is COc1ccc(C(=O)Cn2c(C)cc(=O)cc2C)cc1OCS(C)=O. The van der Waals surface area contributed by atoms with E-state index < -0.39 is 10.8 Å². The van der Waals surface area contributed by atoms with Gasteiger partial charge in [-0.05, 0) is 32.0 Å². The zero-order valence-corrected chi connectivity index (χ0v) is 15.5. The Morgan fingerprint density at radius 2 is 1.76 bits per heavy atom. The van der Waals surface area contributed by atoms with E-state index in [9.17, 15) is 13.8 Å². The van der Waals surface area contributed by atoms with Gasteiger partial charge in [0.15, 0.2) is 28.6 Å². The summed E-state index contributed by atoms with van der Waals surface area (Å²) < 4.78 is 23.7. The van der Waals surface area contributed by atoms with E-state index in [0.717, 1.165) is 11.4 Å². The van der Waals surface area contributed by atoms with Crippen LogP contribution < -0.4 is 14.9 Å². The van der Waals surface area contributed by atoms with E-state index >= 15 is 0 Å². The van der Waals surface area contributed by atoms with E-state index in [1.807, 2.05) is 0 Å². The molecule has 0 amide bonds. The van der Waals surface area contributed by atoms with Crippen molar-refractivity contribution in [3.63, 3.8) is 0 Å². The van der Waals surface area contributed by atoms with Crippen molar-refractivity contribution < 1.29 is 18.5 Å². The van der Waals surface area contributed by atoms with Crippen LogP contribution in [0.5, 0.6) is 11.5 Å². The van der Waals surface area contributed by atoms with Crippen molar-refractivity contribution in [1.29, 1.82) is 0 Å². The van der Waals surface area contributed by atoms with E-state index in [2.05, 4.69) is 0 Å². The second-order valence-corrected chi connectivity index (χ2v) is 7.07. The summed E-state index contributed by atoms with van der Waals surface area (Å²) in [5.74, 6) is 0.737. The van der Waals surface area contributed by atoms with E-state index in [4.69, 9.17) is 9.47 Å². The Kier molecular flexibility index (Phi) is 6.14. The molecule has 1 unspecified atom stereocenters. The number of aryl methyl sites for hydroxylation is 2. The highest BCUT2D eigenvalue weighted by atomic mass is 32.2. The van der Waals surface area contributed by atoms with Gasteiger partial charge in [-0.1, -0.05) is 0 Å². The number of carbonyl (C=O) groups is 1. The molecule has 0 fully saturated rings. The molecule has 1 aromatic heterocycles. The highest BCUT2D eigenvalue weighted by Crippen LogP contribution is 2.28. The second-order valence-electron chi connectivity index (χ2n) is 5.68. The summed E-state index contributed by atoms with van der Waals surface area (Å²) in [5, 5.41) is 0. The lowest BCUT2D eigenvalue weighted by Gasteiger charge is -2.15. The Morgan fingerprint density at radius 3 is 2.32 bits per heavy atom. The van der Waals surface area contributed by atoms with Crippen LogP contribution in [-0.2, 0) is 17.3 Å². The molecule has 7 heteroatoms. The smallest absolute Gasteiger partial charge is 0.182 e. The van der Waals surface area contributed by atoms with Crippen LogP contribution in [0.2, 0.25) is 0 Å². The summed E-state index contributed by atoms with van der Waals surface area (Å²) >= 11 is 0. The number of nitrogens with zero attached hydrogens (tertiary/aromatic N) is 1. The molecule has 1 heterocycles. The second kappa shape index (κ2) is 8.11. The van der Waals surface area contributed by atoms with Crippen LogP contribution in [0.4, 0.5) is 0 Å². The molecule has 1 aromatic carbocycles. The number of Topliss-reactive ketones (excluding diaryl/α,β-unsaturated/α-hetero) is 1. The number of carbonyl (C=O) groups excluding carboxylic acids is 1. The van der Waals surface area contributed by atoms with Crippen LogP contribution in [-0.4, -0.2) is 33.9 Å². The van der Waals surface area contributed by atoms with Crippen molar-refractivity contribution in [3.05, 3.63) is 57.5 Å². The van der Waals surface area contributed by atoms with Crippen LogP contribution in [0.3, 0.4) is 0 Å². The van der Waals surface area contributed by atoms with Gasteiger partial charge in [0.2, 0.25) is 0 Å². The van der Waals surface area contributed by atoms with Gasteiger partial charge >= 0.3 is 0 Å². The molecule has 0 bridgehead atoms. The first kappa shape index (κ1) is 18.9. The van der Waals surface area contributed by atoms with Gasteiger partial charge in [0.05, 0.1) is 24.5 Å². The Labute approximate surface area is 148 Å². The fourth-order valence-electron chi connectivity index (χ4n) is 2.48. The van der Waals surface area contributed by atoms with Crippen molar-refractivity contribution in [1.82, 2.24) is 4.57 Å². The fraction of sp³-hybridized carbons (Fsp3) is 0.333. The zero-order chi connectivity index (χ0) is 18.6. The first-order chi connectivity index (χ1) is 11.8. The Morgan fingerprint density at radius 1 is 1.12 bits per heavy atom. The van der Waals surface area contributed by atoms with Crippen LogP contribution in [0, 0.1) is 13.8 Å². The number of hydrogen-bond acceptors (Lipinski definition) is 5. The molecule has 2 rings (SSSR count). The molecule has 0 saturated heterocycles. The molecule has 0 saturated carbocycles. The van der Waals surface area contributed by atoms with Gasteiger partial charge in [-0.25, -0.2) is 0 Å². The predicted octanol–water partition coefficient (Wildman–Crippen LogP) is 2.07. The highest BCUT2D eigenvalue weighted by Gasteiger charge is 2.14. The normalized spacial score (nSPS) is 11.8. The maximum absolute atomic E-state index is 12.6. The summed E-state index contributed by atoms with van der Waals surface area (Å²) in [6.45, 7) is 3.70. The van der Waals surface area contributed by atoms with Crippen molar-refractivity contribution in [2.45, 2.75) is 20.4 Å². The predicted molar refractivity (Wildman–Crippen MR) is 97.1 cm³/mol. The molecule has 0 aliphatic heterocycles. The van der Waals surface area contributed by atoms with Gasteiger partial charge < -0.3 is 14.0 Å². The minimum atomic E-state index is -1.13. The van der Waals surface area contributed by atoms with Crippen LogP contribution in [0.1, 0.15) is 21.7 Å². The molecule has 134 valence electrons. The Hall–Kier alpha value is -2.41. The molecule has 0 aliphatic rings. The molecular formula is C18H21NO5S. The number of methoxy groups -OCH3 is 1. The lowest BCUT2D eigenvalue weighted by molar-refractivity contribution is 0.0970. The molecular weight excluding hydrogens is 342 g/mol. The first-order valence-electron chi connectivity index (χ1n) is 7.64. The molecule has 2 aromatic rings. The number of hydrogen-bond donors (Lipinski definition) is 0. The van der Waals surface area contributed by atoms with Crippen molar-refractivity contribution in [2.75, 3.05) is 19.3 Å². The molecule has 6 nitrogen and oxygen atoms in total. The standard InChI is InChI=1S/C18H21NO5S/c1-12-7-15(20)8-13(2)19(12)10-16(21)14-5-6-17(23-3)18(9-14)24-11-25(4)22/h5-9H,10-11H2,1-4H3. The summed E-state index contributed by atoms with van der Waals surface area (Å²) in [6, 6.07) is 7.89. The molecule has 25 heavy (non-hydrogen) atoms. The largest absolute Gasteiger partial charge is 0.493 e. The summed E-state index contributed by atoms with van der Waals surface area (Å²) in [7, 11) is 0.370. The summed E-state index contributed by atoms with van der Waals surface area (Å²) in [4.78, 5) is 24.1. The van der Waals surface area contributed by atoms with Crippen molar-refractivity contribution in [3.8, 4) is 11.5 Å². The lowest BCUT2D eigenvalue weighted by atomic mass is 10.1. The number of benzene rings is 1. The number of pyridine rings is 1. The van der Waals surface area contributed by atoms with E-state index in [-0.39, 0.29) is 23.7 Å². The van der Waals surface area contributed by atoms with E-state index in [1.54, 1.807) is 36.6 Å². The number of ketones is 1. The average molecular weight is 363 g/mol. The Balaban J connectivity index is 2.29. The van der Waals surface area contributed by atoms with Crippen LogP contribution in [0.25, 0.3) is 0 Å². The summed E-state index contributed by atoms with van der Waals surface area (Å²) in [5.41, 5.74) is 1.83. The van der Waals surface area contributed by atoms with Gasteiger partial charge in [-0.2, -0.15) is 0 Å². The maximum Gasteiger partial charge on any atom is 0.182 e. The van der Waals surface area contributed by atoms with Gasteiger partial charge in [0.25, 0.3) is 0 Å². The van der Waals surface area contributed by atoms with Crippen molar-refractivity contribution in [2.24, 2.45) is 0 Å². The fourth-order valence-corrected chi connectivity index (χ4v) is 2.77. The van der Waals surface area contributed by atoms with E-state index in [1.165, 1.54) is 25.5 Å². The Bertz CT molecular complexity index is 846. The third-order valence-electron chi connectivity index (χ3n) is 3.72. The molecule has 0 radical (unpaired) electrons. The number of aromatic nitrogens is 1. The topological polar surface area (TPSA) is 74.6 Å². The van der Waals surface area contributed by atoms with Crippen LogP contribution >= 0.6 is 0 Å². The molecule has 0 spiro atoms. The number of rotatable bonds is 7. The molecule has 0 aliphatic carbocycles. The highest BCUT2D eigenvalue weighted by molar-refractivity contribution is 7.84. The van der Waals surface area contributed by atoms with Gasteiger partial charge in [0.1, 0.15) is 0 Å². The average Bonchev–Trinajstić information content (AvgIpc) is 2.55. The minimum Gasteiger partial charge on any atom is -0.493 e. The summed E-state index contributed by atoms with van der Waals surface area (Å²) in [6.07, 6.45) is 1.53. The van der Waals surface area contributed by atoms with Crippen LogP contribution in [0.15, 0.2) is 35.1 Å². The first-order valence-corrected chi connectivity index (χ1v) is 9.36. The van der Waals surface area contributed by atoms with Gasteiger partial charge in [0, 0.05) is 35.3 Å². The quantitative estimate of drug-likeness (QED) is 0.704. The third kappa shape index (κ3) is 4.79. The van der Waals surface area contributed by atoms with E-state index in [0.29, 0.717) is 17.1 Å². The number of ether oxygens (including phenoxy) is 2. The molecule has 1 atom stereocenters. The third-order valence-corrected chi connectivity index (χ3v) is 4.17. The van der Waals surface area contributed by atoms with Gasteiger partial charge in [-0.15, -0.1) is 0 Å². The van der Waals surface area contributed by atoms with Gasteiger partial charge in [-0.3, -0.25) is 13.8 Å². The monoisotopic (exact) mass is 363 g/mol. The zero-order valence-electron chi connectivity index (χ0n) is 14.7.